The topological polar surface area (TPSA) is 315 Å². The number of hydrogen-bond donors (Lipinski definition) is 0. The molecule has 20 N–H and O–H groups in total. The van der Waals surface area contributed by atoms with Gasteiger partial charge in [0.1, 0.15) is 0 Å². The van der Waals surface area contributed by atoms with Gasteiger partial charge in [-0.3, -0.25) is 0 Å². The van der Waals surface area contributed by atoms with E-state index in [9.17, 15) is 0 Å². The standard InChI is InChI=1S/ClH.Na.10H2O/h1H;;10*1H2/q;+1;;;;;;;;;;/p-1. The van der Waals surface area contributed by atoms with Crippen LogP contribution < -0.4 is 42.0 Å². The third kappa shape index (κ3) is 1340. The van der Waals surface area contributed by atoms with E-state index in [4.69, 9.17) is 0 Å². The van der Waals surface area contributed by atoms with Crippen LogP contribution in [0.1, 0.15) is 0 Å². The summed E-state index contributed by atoms with van der Waals surface area (Å²) in [4.78, 5) is 0. The van der Waals surface area contributed by atoms with Crippen LogP contribution in [-0.2, 0) is 0 Å². The van der Waals surface area contributed by atoms with Gasteiger partial charge in [-0.05, 0) is 0 Å². The first-order chi connectivity index (χ1) is 0. The molecular weight excluding hydrogens is 218 g/mol. The maximum absolute atomic E-state index is 0. The molecule has 0 heterocycles. The summed E-state index contributed by atoms with van der Waals surface area (Å²) in [6.45, 7) is 0. The van der Waals surface area contributed by atoms with E-state index in [2.05, 4.69) is 0 Å². The molecule has 0 aromatic heterocycles. The smallest absolute Gasteiger partial charge is 1.00 e. The Morgan fingerprint density at radius 3 is 0.250 bits per heavy atom. The quantitative estimate of drug-likeness (QED) is 0.354. The van der Waals surface area contributed by atoms with Gasteiger partial charge < -0.3 is 67.2 Å². The summed E-state index contributed by atoms with van der Waals surface area (Å²) < 4.78 is 0. The molecule has 0 spiro atoms. The molecule has 10 nitrogen and oxygen atoms in total. The Hall–Kier alpha value is 0.890. The molecule has 0 aliphatic heterocycles. The van der Waals surface area contributed by atoms with Gasteiger partial charge >= 0.3 is 29.6 Å². The van der Waals surface area contributed by atoms with Crippen molar-refractivity contribution in [3.63, 3.8) is 0 Å². The van der Waals surface area contributed by atoms with Gasteiger partial charge in [-0.2, -0.15) is 0 Å². The zero-order valence-electron chi connectivity index (χ0n) is 6.38. The molecule has 0 atom stereocenters. The van der Waals surface area contributed by atoms with Crippen molar-refractivity contribution in [2.45, 2.75) is 0 Å². The third-order valence-electron chi connectivity index (χ3n) is 0. The Morgan fingerprint density at radius 2 is 0.250 bits per heavy atom. The molecule has 88 valence electrons. The van der Waals surface area contributed by atoms with Gasteiger partial charge in [0.05, 0.1) is 0 Å². The fraction of sp³-hybridized carbons (Fsp3) is 0. The second-order valence-corrected chi connectivity index (χ2v) is 0. The van der Waals surface area contributed by atoms with Crippen molar-refractivity contribution < 1.29 is 96.7 Å². The first-order valence-corrected chi connectivity index (χ1v) is 0. The van der Waals surface area contributed by atoms with Crippen LogP contribution in [0.2, 0.25) is 0 Å². The van der Waals surface area contributed by atoms with Crippen LogP contribution in [0.25, 0.3) is 0 Å². The van der Waals surface area contributed by atoms with Crippen LogP contribution in [-0.4, -0.2) is 54.8 Å². The monoisotopic (exact) mass is 238 g/mol. The van der Waals surface area contributed by atoms with Gasteiger partial charge in [0.2, 0.25) is 0 Å². The first-order valence-electron chi connectivity index (χ1n) is 0. The zero-order valence-corrected chi connectivity index (χ0v) is 9.13. The van der Waals surface area contributed by atoms with E-state index in [0.29, 0.717) is 0 Å². The molecular formula is H20ClNaO10. The predicted molar refractivity (Wildman–Crippen MR) is 36.1 cm³/mol. The minimum atomic E-state index is 0. The molecule has 0 aromatic carbocycles. The van der Waals surface area contributed by atoms with Gasteiger partial charge in [0.15, 0.2) is 0 Å². The molecule has 0 rings (SSSR count). The summed E-state index contributed by atoms with van der Waals surface area (Å²) >= 11 is 0. The number of rotatable bonds is 0. The van der Waals surface area contributed by atoms with E-state index in [1.54, 1.807) is 0 Å². The molecule has 0 amide bonds. The predicted octanol–water partition coefficient (Wildman–Crippen LogP) is -14.2. The number of halogens is 1. The van der Waals surface area contributed by atoms with Crippen LogP contribution in [0.4, 0.5) is 0 Å². The maximum atomic E-state index is 0. The van der Waals surface area contributed by atoms with Crippen LogP contribution in [0.15, 0.2) is 0 Å². The second kappa shape index (κ2) is 1780. The van der Waals surface area contributed by atoms with Gasteiger partial charge in [0.25, 0.3) is 0 Å². The Balaban J connectivity index is 0. The molecule has 0 aliphatic carbocycles. The van der Waals surface area contributed by atoms with Crippen molar-refractivity contribution in [2.75, 3.05) is 0 Å². The number of hydrogen-bond acceptors (Lipinski definition) is 0. The summed E-state index contributed by atoms with van der Waals surface area (Å²) in [6.07, 6.45) is 0. The van der Waals surface area contributed by atoms with E-state index in [1.165, 1.54) is 0 Å². The van der Waals surface area contributed by atoms with E-state index in [0.717, 1.165) is 0 Å². The van der Waals surface area contributed by atoms with E-state index in [1.807, 2.05) is 0 Å². The summed E-state index contributed by atoms with van der Waals surface area (Å²) in [6, 6.07) is 0. The van der Waals surface area contributed by atoms with Crippen molar-refractivity contribution >= 4 is 0 Å². The van der Waals surface area contributed by atoms with E-state index >= 15 is 0 Å². The summed E-state index contributed by atoms with van der Waals surface area (Å²) in [7, 11) is 0. The van der Waals surface area contributed by atoms with Crippen LogP contribution in [0.3, 0.4) is 0 Å². The molecule has 0 fully saturated rings. The molecule has 0 saturated carbocycles. The van der Waals surface area contributed by atoms with Crippen LogP contribution >= 0.6 is 0 Å². The minimum absolute atomic E-state index is 0. The van der Waals surface area contributed by atoms with Crippen LogP contribution in [0, 0.1) is 0 Å². The van der Waals surface area contributed by atoms with Crippen molar-refractivity contribution in [3.8, 4) is 0 Å². The van der Waals surface area contributed by atoms with Gasteiger partial charge in [-0.25, -0.2) is 0 Å². The van der Waals surface area contributed by atoms with Crippen molar-refractivity contribution in [3.05, 3.63) is 0 Å². The molecule has 12 heteroatoms. The first kappa shape index (κ1) is 2300. The second-order valence-electron chi connectivity index (χ2n) is 0. The molecule has 0 unspecified atom stereocenters. The molecule has 0 saturated heterocycles. The average Bonchev–Trinajstić information content (AvgIpc) is 0. The SMILES string of the molecule is O.O.O.O.O.O.O.O.O.O.[Cl-].[Na+]. The van der Waals surface area contributed by atoms with Crippen molar-refractivity contribution in [2.24, 2.45) is 0 Å². The normalized spacial score (nSPS) is 0. The van der Waals surface area contributed by atoms with Gasteiger partial charge in [-0.1, -0.05) is 0 Å². The van der Waals surface area contributed by atoms with Gasteiger partial charge in [0, 0.05) is 0 Å². The summed E-state index contributed by atoms with van der Waals surface area (Å²) in [5.74, 6) is 0. The summed E-state index contributed by atoms with van der Waals surface area (Å²) in [5, 5.41) is 0. The zero-order chi connectivity index (χ0) is 0. The molecule has 0 bridgehead atoms. The molecule has 0 aliphatic rings. The Morgan fingerprint density at radius 1 is 0.250 bits per heavy atom. The maximum Gasteiger partial charge on any atom is 1.00 e. The fourth-order valence-electron chi connectivity index (χ4n) is 0. The fourth-order valence-corrected chi connectivity index (χ4v) is 0. The Labute approximate surface area is 96.7 Å². The summed E-state index contributed by atoms with van der Waals surface area (Å²) in [5.41, 5.74) is 0. The van der Waals surface area contributed by atoms with Crippen molar-refractivity contribution in [1.29, 1.82) is 0 Å². The molecule has 12 heavy (non-hydrogen) atoms. The Bertz CT molecular complexity index is 9.80. The third-order valence-corrected chi connectivity index (χ3v) is 0. The minimum Gasteiger partial charge on any atom is -1.00 e. The van der Waals surface area contributed by atoms with Crippen molar-refractivity contribution in [1.82, 2.24) is 0 Å². The molecule has 0 aromatic rings. The van der Waals surface area contributed by atoms with Gasteiger partial charge in [-0.15, -0.1) is 0 Å². The average molecular weight is 239 g/mol. The largest absolute Gasteiger partial charge is 1.00 e. The Kier molecular flexibility index (Phi) is 341000. The van der Waals surface area contributed by atoms with Crippen LogP contribution in [0.5, 0.6) is 0 Å². The molecule has 0 radical (unpaired) electrons. The van der Waals surface area contributed by atoms with E-state index in [-0.39, 0.29) is 96.7 Å². The van der Waals surface area contributed by atoms with E-state index < -0.39 is 0 Å².